The van der Waals surface area contributed by atoms with Gasteiger partial charge >= 0.3 is 0 Å². The van der Waals surface area contributed by atoms with Crippen molar-refractivity contribution in [3.05, 3.63) is 24.4 Å². The van der Waals surface area contributed by atoms with Gasteiger partial charge in [0, 0.05) is 18.3 Å². The molecular weight excluding hydrogens is 126 g/mol. The fraction of sp³-hybridized carbons (Fsp3) is 0. The molecule has 0 spiro atoms. The smallest absolute Gasteiger partial charge is 0.236 e. The SMILES string of the molecule is ClOc1cc[c]cn1. The van der Waals surface area contributed by atoms with Crippen LogP contribution in [0.15, 0.2) is 18.3 Å². The minimum absolute atomic E-state index is 0.394. The number of aromatic nitrogens is 1. The van der Waals surface area contributed by atoms with E-state index in [0.29, 0.717) is 5.88 Å². The molecule has 0 amide bonds. The highest BCUT2D eigenvalue weighted by molar-refractivity contribution is 6.08. The highest BCUT2D eigenvalue weighted by atomic mass is 35.5. The van der Waals surface area contributed by atoms with Crippen LogP contribution in [-0.4, -0.2) is 4.98 Å². The minimum Gasteiger partial charge on any atom is -0.365 e. The summed E-state index contributed by atoms with van der Waals surface area (Å²) in [5, 5.41) is 0. The van der Waals surface area contributed by atoms with Crippen molar-refractivity contribution in [2.75, 3.05) is 0 Å². The Morgan fingerprint density at radius 2 is 2.62 bits per heavy atom. The lowest BCUT2D eigenvalue weighted by molar-refractivity contribution is 0.591. The van der Waals surface area contributed by atoms with E-state index in [-0.39, 0.29) is 0 Å². The molecule has 2 nitrogen and oxygen atoms in total. The van der Waals surface area contributed by atoms with Gasteiger partial charge in [0.25, 0.3) is 0 Å². The largest absolute Gasteiger partial charge is 0.365 e. The number of hydrogen-bond donors (Lipinski definition) is 0. The molecular formula is C5H3ClNO. The Bertz CT molecular complexity index is 154. The molecule has 0 unspecified atom stereocenters. The van der Waals surface area contributed by atoms with Gasteiger partial charge in [-0.25, -0.2) is 4.98 Å². The summed E-state index contributed by atoms with van der Waals surface area (Å²) >= 11 is 4.95. The maximum absolute atomic E-state index is 4.95. The number of rotatable bonds is 1. The maximum Gasteiger partial charge on any atom is 0.236 e. The predicted molar refractivity (Wildman–Crippen MR) is 29.6 cm³/mol. The van der Waals surface area contributed by atoms with E-state index in [1.807, 2.05) is 0 Å². The minimum atomic E-state index is 0.394. The molecule has 1 rings (SSSR count). The molecule has 41 valence electrons. The van der Waals surface area contributed by atoms with Crippen LogP contribution in [0.5, 0.6) is 5.88 Å². The first kappa shape index (κ1) is 5.38. The normalized spacial score (nSPS) is 8.62. The molecule has 0 aromatic carbocycles. The lowest BCUT2D eigenvalue weighted by atomic mass is 10.5. The fourth-order valence-corrected chi connectivity index (χ4v) is 0.443. The van der Waals surface area contributed by atoms with E-state index >= 15 is 0 Å². The quantitative estimate of drug-likeness (QED) is 0.571. The monoisotopic (exact) mass is 128 g/mol. The van der Waals surface area contributed by atoms with Crippen LogP contribution in [0.4, 0.5) is 0 Å². The topological polar surface area (TPSA) is 22.1 Å². The lowest BCUT2D eigenvalue weighted by Crippen LogP contribution is -1.76. The average molecular weight is 129 g/mol. The zero-order chi connectivity index (χ0) is 5.82. The molecule has 0 atom stereocenters. The van der Waals surface area contributed by atoms with Crippen LogP contribution in [0, 0.1) is 6.07 Å². The summed E-state index contributed by atoms with van der Waals surface area (Å²) < 4.78 is 4.26. The van der Waals surface area contributed by atoms with E-state index in [0.717, 1.165) is 0 Å². The molecule has 0 saturated heterocycles. The van der Waals surface area contributed by atoms with E-state index in [1.165, 1.54) is 6.20 Å². The Balaban J connectivity index is 2.83. The Morgan fingerprint density at radius 3 is 3.00 bits per heavy atom. The van der Waals surface area contributed by atoms with Crippen LogP contribution < -0.4 is 4.29 Å². The van der Waals surface area contributed by atoms with Gasteiger partial charge in [0.05, 0.1) is 0 Å². The second-order valence-electron chi connectivity index (χ2n) is 1.17. The lowest BCUT2D eigenvalue weighted by Gasteiger charge is -1.87. The molecule has 0 aliphatic heterocycles. The molecule has 0 saturated carbocycles. The van der Waals surface area contributed by atoms with E-state index in [1.54, 1.807) is 12.1 Å². The van der Waals surface area contributed by atoms with Crippen LogP contribution in [0.3, 0.4) is 0 Å². The molecule has 1 aromatic rings. The van der Waals surface area contributed by atoms with Gasteiger partial charge in [-0.3, -0.25) is 0 Å². The summed E-state index contributed by atoms with van der Waals surface area (Å²) in [6, 6.07) is 6.01. The zero-order valence-corrected chi connectivity index (χ0v) is 4.72. The van der Waals surface area contributed by atoms with E-state index < -0.39 is 0 Å². The Kier molecular flexibility index (Phi) is 1.70. The Morgan fingerprint density at radius 1 is 1.75 bits per heavy atom. The molecule has 8 heavy (non-hydrogen) atoms. The standard InChI is InChI=1S/C5H3ClNO/c6-8-5-3-1-2-4-7-5/h1,3-4H. The Labute approximate surface area is 52.2 Å². The van der Waals surface area contributed by atoms with Crippen molar-refractivity contribution in [2.24, 2.45) is 0 Å². The molecule has 0 N–H and O–H groups in total. The van der Waals surface area contributed by atoms with Crippen LogP contribution in [0.1, 0.15) is 0 Å². The summed E-state index contributed by atoms with van der Waals surface area (Å²) in [6.07, 6.45) is 1.48. The van der Waals surface area contributed by atoms with Crippen LogP contribution in [0.25, 0.3) is 0 Å². The Hall–Kier alpha value is -0.760. The van der Waals surface area contributed by atoms with Gasteiger partial charge in [0.2, 0.25) is 5.88 Å². The molecule has 1 radical (unpaired) electrons. The molecule has 0 bridgehead atoms. The third-order valence-electron chi connectivity index (χ3n) is 0.668. The van der Waals surface area contributed by atoms with Crippen molar-refractivity contribution in [3.8, 4) is 5.88 Å². The van der Waals surface area contributed by atoms with Gasteiger partial charge in [-0.1, -0.05) is 0 Å². The highest BCUT2D eigenvalue weighted by Gasteiger charge is 1.85. The highest BCUT2D eigenvalue weighted by Crippen LogP contribution is 2.03. The number of pyridine rings is 1. The van der Waals surface area contributed by atoms with Crippen molar-refractivity contribution < 1.29 is 4.29 Å². The van der Waals surface area contributed by atoms with Crippen LogP contribution in [-0.2, 0) is 0 Å². The second kappa shape index (κ2) is 2.52. The van der Waals surface area contributed by atoms with Gasteiger partial charge in [-0.15, -0.1) is 0 Å². The maximum atomic E-state index is 4.95. The molecule has 0 aliphatic rings. The average Bonchev–Trinajstić information content (AvgIpc) is 1.90. The first-order chi connectivity index (χ1) is 3.93. The molecule has 0 fully saturated rings. The van der Waals surface area contributed by atoms with Gasteiger partial charge in [0.1, 0.15) is 11.9 Å². The van der Waals surface area contributed by atoms with E-state index in [2.05, 4.69) is 15.3 Å². The van der Waals surface area contributed by atoms with Gasteiger partial charge in [0.15, 0.2) is 0 Å². The third-order valence-corrected chi connectivity index (χ3v) is 0.826. The van der Waals surface area contributed by atoms with Crippen molar-refractivity contribution in [1.82, 2.24) is 4.98 Å². The van der Waals surface area contributed by atoms with Gasteiger partial charge < -0.3 is 4.29 Å². The molecule has 3 heteroatoms. The third kappa shape index (κ3) is 1.10. The van der Waals surface area contributed by atoms with E-state index in [4.69, 9.17) is 11.9 Å². The molecule has 1 heterocycles. The van der Waals surface area contributed by atoms with Crippen molar-refractivity contribution in [2.45, 2.75) is 0 Å². The summed E-state index contributed by atoms with van der Waals surface area (Å²) in [5.74, 6) is 0.394. The number of halogens is 1. The van der Waals surface area contributed by atoms with Crippen LogP contribution in [0.2, 0.25) is 0 Å². The van der Waals surface area contributed by atoms with Gasteiger partial charge in [-0.05, 0) is 6.07 Å². The summed E-state index contributed by atoms with van der Waals surface area (Å²) in [7, 11) is 0. The first-order valence-electron chi connectivity index (χ1n) is 2.04. The van der Waals surface area contributed by atoms with Crippen LogP contribution >= 0.6 is 11.9 Å². The first-order valence-corrected chi connectivity index (χ1v) is 2.35. The second-order valence-corrected chi connectivity index (χ2v) is 1.33. The van der Waals surface area contributed by atoms with E-state index in [9.17, 15) is 0 Å². The fourth-order valence-electron chi connectivity index (χ4n) is 0.352. The summed E-state index contributed by atoms with van der Waals surface area (Å²) in [5.41, 5.74) is 0. The molecule has 0 aliphatic carbocycles. The summed E-state index contributed by atoms with van der Waals surface area (Å²) in [4.78, 5) is 3.69. The van der Waals surface area contributed by atoms with Crippen molar-refractivity contribution >= 4 is 11.9 Å². The van der Waals surface area contributed by atoms with Crippen molar-refractivity contribution in [3.63, 3.8) is 0 Å². The predicted octanol–water partition coefficient (Wildman–Crippen LogP) is 1.41. The number of hydrogen-bond acceptors (Lipinski definition) is 2. The zero-order valence-electron chi connectivity index (χ0n) is 3.97. The number of nitrogens with zero attached hydrogens (tertiary/aromatic N) is 1. The van der Waals surface area contributed by atoms with Gasteiger partial charge in [-0.2, -0.15) is 0 Å². The van der Waals surface area contributed by atoms with Crippen molar-refractivity contribution in [1.29, 1.82) is 0 Å². The summed E-state index contributed by atoms with van der Waals surface area (Å²) in [6.45, 7) is 0. The molecule has 1 aromatic heterocycles.